The molecule has 0 fully saturated rings. The zero-order valence-corrected chi connectivity index (χ0v) is 16.9. The van der Waals surface area contributed by atoms with Crippen molar-refractivity contribution in [3.05, 3.63) is 60.0 Å². The smallest absolute Gasteiger partial charge is 0.261 e. The Hall–Kier alpha value is -3.55. The zero-order chi connectivity index (χ0) is 20.7. The maximum atomic E-state index is 13.1. The predicted octanol–water partition coefficient (Wildman–Crippen LogP) is 3.59. The molecule has 8 nitrogen and oxygen atoms in total. The molecule has 4 heterocycles. The van der Waals surface area contributed by atoms with E-state index in [9.17, 15) is 4.79 Å². The van der Waals surface area contributed by atoms with Gasteiger partial charge in [-0.2, -0.15) is 5.10 Å². The van der Waals surface area contributed by atoms with E-state index in [0.29, 0.717) is 41.8 Å². The molecule has 0 aliphatic carbocycles. The fourth-order valence-electron chi connectivity index (χ4n) is 3.99. The highest BCUT2D eigenvalue weighted by Gasteiger charge is 2.37. The fourth-order valence-corrected chi connectivity index (χ4v) is 3.99. The van der Waals surface area contributed by atoms with Crippen LogP contribution < -0.4 is 20.1 Å². The third-order valence-electron chi connectivity index (χ3n) is 5.45. The molecule has 2 aliphatic heterocycles. The number of carbonyl (C=O) groups is 1. The lowest BCUT2D eigenvalue weighted by Gasteiger charge is -2.37. The first-order valence-electron chi connectivity index (χ1n) is 9.98. The summed E-state index contributed by atoms with van der Waals surface area (Å²) < 4.78 is 13.0. The van der Waals surface area contributed by atoms with Crippen LogP contribution in [-0.2, 0) is 5.54 Å². The van der Waals surface area contributed by atoms with Gasteiger partial charge in [0.15, 0.2) is 11.5 Å². The van der Waals surface area contributed by atoms with Crippen LogP contribution in [0.1, 0.15) is 42.4 Å². The van der Waals surface area contributed by atoms with Gasteiger partial charge in [0.05, 0.1) is 23.5 Å². The molecular formula is C22H23N5O3. The summed E-state index contributed by atoms with van der Waals surface area (Å²) in [7, 11) is 0. The first kappa shape index (κ1) is 18.5. The second-order valence-corrected chi connectivity index (χ2v) is 8.10. The number of pyridine rings is 1. The number of aromatic nitrogens is 3. The van der Waals surface area contributed by atoms with E-state index in [2.05, 4.69) is 34.6 Å². The number of hydrogen-bond acceptors (Lipinski definition) is 6. The second-order valence-electron chi connectivity index (χ2n) is 8.10. The van der Waals surface area contributed by atoms with E-state index < -0.39 is 0 Å². The number of rotatable bonds is 3. The van der Waals surface area contributed by atoms with Crippen LogP contribution >= 0.6 is 0 Å². The van der Waals surface area contributed by atoms with E-state index in [1.54, 1.807) is 30.6 Å². The lowest BCUT2D eigenvalue weighted by Crippen LogP contribution is -2.38. The van der Waals surface area contributed by atoms with Crippen LogP contribution in [-0.4, -0.2) is 33.9 Å². The molecule has 3 aromatic rings. The highest BCUT2D eigenvalue weighted by molar-refractivity contribution is 6.07. The third-order valence-corrected chi connectivity index (χ3v) is 5.45. The zero-order valence-electron chi connectivity index (χ0n) is 16.9. The molecule has 1 aromatic carbocycles. The first-order chi connectivity index (χ1) is 14.5. The lowest BCUT2D eigenvalue weighted by molar-refractivity contribution is 0.102. The largest absolute Gasteiger partial charge is 0.486 e. The number of benzene rings is 1. The van der Waals surface area contributed by atoms with Gasteiger partial charge < -0.3 is 20.1 Å². The number of amides is 1. The predicted molar refractivity (Wildman–Crippen MR) is 112 cm³/mol. The van der Waals surface area contributed by atoms with Crippen LogP contribution in [0.3, 0.4) is 0 Å². The Balaban J connectivity index is 1.43. The maximum absolute atomic E-state index is 13.1. The van der Waals surface area contributed by atoms with Crippen LogP contribution in [0.25, 0.3) is 0 Å². The fraction of sp³-hybridized carbons (Fsp3) is 0.318. The number of nitrogens with one attached hydrogen (secondary N) is 2. The summed E-state index contributed by atoms with van der Waals surface area (Å²) in [4.78, 5) is 17.6. The van der Waals surface area contributed by atoms with Gasteiger partial charge in [-0.3, -0.25) is 9.78 Å². The highest BCUT2D eigenvalue weighted by atomic mass is 16.6. The Kier molecular flexibility index (Phi) is 4.34. The number of ether oxygens (including phenoxy) is 2. The van der Waals surface area contributed by atoms with E-state index in [0.717, 1.165) is 12.1 Å². The van der Waals surface area contributed by atoms with Crippen LogP contribution in [0.5, 0.6) is 11.5 Å². The van der Waals surface area contributed by atoms with Crippen molar-refractivity contribution in [2.24, 2.45) is 0 Å². The summed E-state index contributed by atoms with van der Waals surface area (Å²) in [6.45, 7) is 5.25. The Labute approximate surface area is 174 Å². The van der Waals surface area contributed by atoms with E-state index in [-0.39, 0.29) is 17.5 Å². The molecule has 0 spiro atoms. The summed E-state index contributed by atoms with van der Waals surface area (Å²) in [6.07, 6.45) is 4.20. The Morgan fingerprint density at radius 3 is 2.83 bits per heavy atom. The Morgan fingerprint density at radius 1 is 1.20 bits per heavy atom. The van der Waals surface area contributed by atoms with Crippen LogP contribution in [0.4, 0.5) is 11.5 Å². The van der Waals surface area contributed by atoms with Gasteiger partial charge in [-0.05, 0) is 44.5 Å². The summed E-state index contributed by atoms with van der Waals surface area (Å²) >= 11 is 0. The Bertz CT molecular complexity index is 1090. The molecule has 0 saturated heterocycles. The van der Waals surface area contributed by atoms with Gasteiger partial charge in [-0.1, -0.05) is 6.07 Å². The summed E-state index contributed by atoms with van der Waals surface area (Å²) in [6, 6.07) is 11.2. The molecular weight excluding hydrogens is 382 g/mol. The lowest BCUT2D eigenvalue weighted by atomic mass is 9.91. The third kappa shape index (κ3) is 3.24. The number of fused-ring (bicyclic) bond motifs is 2. The Morgan fingerprint density at radius 2 is 2.03 bits per heavy atom. The van der Waals surface area contributed by atoms with Crippen LogP contribution in [0.2, 0.25) is 0 Å². The number of carbonyl (C=O) groups excluding carboxylic acids is 1. The van der Waals surface area contributed by atoms with Crippen molar-refractivity contribution in [2.75, 3.05) is 23.8 Å². The minimum Gasteiger partial charge on any atom is -0.486 e. The molecule has 2 aliphatic rings. The molecule has 1 unspecified atom stereocenters. The molecule has 5 rings (SSSR count). The van der Waals surface area contributed by atoms with E-state index in [1.165, 1.54) is 0 Å². The average molecular weight is 405 g/mol. The molecule has 2 N–H and O–H groups in total. The van der Waals surface area contributed by atoms with E-state index in [4.69, 9.17) is 9.47 Å². The summed E-state index contributed by atoms with van der Waals surface area (Å²) in [5.41, 5.74) is 1.80. The molecule has 2 aromatic heterocycles. The maximum Gasteiger partial charge on any atom is 0.261 e. The molecule has 0 bridgehead atoms. The van der Waals surface area contributed by atoms with Crippen molar-refractivity contribution in [2.45, 2.75) is 31.8 Å². The van der Waals surface area contributed by atoms with Gasteiger partial charge in [0.1, 0.15) is 24.6 Å². The van der Waals surface area contributed by atoms with E-state index >= 15 is 0 Å². The molecule has 1 amide bonds. The van der Waals surface area contributed by atoms with Gasteiger partial charge in [0.2, 0.25) is 0 Å². The molecule has 154 valence electrons. The van der Waals surface area contributed by atoms with Crippen molar-refractivity contribution in [1.82, 2.24) is 14.8 Å². The van der Waals surface area contributed by atoms with Gasteiger partial charge in [0.25, 0.3) is 5.91 Å². The van der Waals surface area contributed by atoms with Gasteiger partial charge in [-0.25, -0.2) is 4.68 Å². The number of anilines is 2. The molecule has 0 radical (unpaired) electrons. The molecule has 30 heavy (non-hydrogen) atoms. The van der Waals surface area contributed by atoms with Gasteiger partial charge >= 0.3 is 0 Å². The van der Waals surface area contributed by atoms with Crippen molar-refractivity contribution >= 4 is 17.4 Å². The summed E-state index contributed by atoms with van der Waals surface area (Å²) in [5, 5.41) is 10.9. The van der Waals surface area contributed by atoms with Crippen molar-refractivity contribution in [3.8, 4) is 11.5 Å². The quantitative estimate of drug-likeness (QED) is 0.692. The first-order valence-corrected chi connectivity index (χ1v) is 9.98. The average Bonchev–Trinajstić information content (AvgIpc) is 3.19. The van der Waals surface area contributed by atoms with Crippen molar-refractivity contribution < 1.29 is 14.3 Å². The van der Waals surface area contributed by atoms with Crippen molar-refractivity contribution in [3.63, 3.8) is 0 Å². The van der Waals surface area contributed by atoms with E-state index in [1.807, 2.05) is 22.9 Å². The summed E-state index contributed by atoms with van der Waals surface area (Å²) in [5.74, 6) is 1.77. The normalized spacial score (nSPS) is 18.8. The molecule has 1 atom stereocenters. The number of hydrogen-bond donors (Lipinski definition) is 2. The van der Waals surface area contributed by atoms with Crippen LogP contribution in [0, 0.1) is 0 Å². The highest BCUT2D eigenvalue weighted by Crippen LogP contribution is 2.39. The number of nitrogens with zero attached hydrogens (tertiary/aromatic N) is 3. The topological polar surface area (TPSA) is 90.3 Å². The molecule has 8 heteroatoms. The van der Waals surface area contributed by atoms with Crippen molar-refractivity contribution in [1.29, 1.82) is 0 Å². The molecule has 0 saturated carbocycles. The SMILES string of the molecule is CC1(C)CC(c2ccccn2)Nc2c(C(=O)Nc3ccc4c(c3)OCCO4)cnn21. The minimum absolute atomic E-state index is 0.00811. The monoisotopic (exact) mass is 405 g/mol. The van der Waals surface area contributed by atoms with Gasteiger partial charge in [-0.15, -0.1) is 0 Å². The minimum atomic E-state index is -0.266. The van der Waals surface area contributed by atoms with Crippen LogP contribution in [0.15, 0.2) is 48.8 Å². The standard InChI is InChI=1S/C22H23N5O3/c1-22(2)12-17(16-5-3-4-8-23-16)26-20-15(13-24-27(20)22)21(28)25-14-6-7-18-19(11-14)30-10-9-29-18/h3-8,11,13,17,26H,9-10,12H2,1-2H3,(H,25,28). The van der Waals surface area contributed by atoms with Gasteiger partial charge in [0, 0.05) is 18.0 Å². The second kappa shape index (κ2) is 7.05.